The lowest BCUT2D eigenvalue weighted by Gasteiger charge is -2.30. The Morgan fingerprint density at radius 2 is 1.93 bits per heavy atom. The largest absolute Gasteiger partial charge is 0.494 e. The van der Waals surface area contributed by atoms with Crippen LogP contribution in [0.15, 0.2) is 46.9 Å². The van der Waals surface area contributed by atoms with Crippen LogP contribution in [0, 0.1) is 0 Å². The van der Waals surface area contributed by atoms with E-state index >= 15 is 0 Å². The van der Waals surface area contributed by atoms with Crippen molar-refractivity contribution < 1.29 is 19.1 Å². The standard InChI is InChI=1S/C23H25BrN2O4/c1-2-29-18-10-8-17(9-11-18)26-21(27)14-30-20-12-7-15(24)13-19(20)22(26)23(28)25-16-5-3-4-6-16/h7-13,16,22H,2-6,14H2,1H3,(H,25,28). The van der Waals surface area contributed by atoms with Crippen molar-refractivity contribution in [3.8, 4) is 11.5 Å². The number of amides is 2. The first-order valence-corrected chi connectivity index (χ1v) is 11.1. The van der Waals surface area contributed by atoms with E-state index in [1.54, 1.807) is 6.07 Å². The SMILES string of the molecule is CCOc1ccc(N2C(=O)COc3ccc(Br)cc3C2C(=O)NC2CCCC2)cc1. The molecule has 2 aromatic carbocycles. The molecule has 1 heterocycles. The maximum atomic E-state index is 13.5. The summed E-state index contributed by atoms with van der Waals surface area (Å²) in [5.41, 5.74) is 1.30. The monoisotopic (exact) mass is 472 g/mol. The molecular formula is C23H25BrN2O4. The number of anilines is 1. The van der Waals surface area contributed by atoms with Gasteiger partial charge in [-0.1, -0.05) is 28.8 Å². The van der Waals surface area contributed by atoms with E-state index in [4.69, 9.17) is 9.47 Å². The molecule has 0 radical (unpaired) electrons. The topological polar surface area (TPSA) is 67.9 Å². The number of rotatable bonds is 5. The van der Waals surface area contributed by atoms with Gasteiger partial charge in [0.2, 0.25) is 5.91 Å². The van der Waals surface area contributed by atoms with E-state index in [0.29, 0.717) is 23.6 Å². The summed E-state index contributed by atoms with van der Waals surface area (Å²) in [5.74, 6) is 0.813. The molecule has 0 saturated heterocycles. The summed E-state index contributed by atoms with van der Waals surface area (Å²) in [4.78, 5) is 28.1. The smallest absolute Gasteiger partial charge is 0.265 e. The molecule has 2 amide bonds. The molecule has 30 heavy (non-hydrogen) atoms. The predicted octanol–water partition coefficient (Wildman–Crippen LogP) is 4.37. The van der Waals surface area contributed by atoms with Crippen LogP contribution in [0.3, 0.4) is 0 Å². The van der Waals surface area contributed by atoms with Crippen molar-refractivity contribution >= 4 is 33.4 Å². The minimum Gasteiger partial charge on any atom is -0.494 e. The molecule has 4 rings (SSSR count). The van der Waals surface area contributed by atoms with Gasteiger partial charge in [0.05, 0.1) is 6.61 Å². The molecule has 1 atom stereocenters. The Kier molecular flexibility index (Phi) is 6.27. The third-order valence-corrected chi connectivity index (χ3v) is 6.01. The Balaban J connectivity index is 1.75. The highest BCUT2D eigenvalue weighted by Gasteiger charge is 2.38. The van der Waals surface area contributed by atoms with Gasteiger partial charge in [0.1, 0.15) is 17.5 Å². The predicted molar refractivity (Wildman–Crippen MR) is 118 cm³/mol. The van der Waals surface area contributed by atoms with E-state index in [9.17, 15) is 9.59 Å². The molecule has 1 saturated carbocycles. The van der Waals surface area contributed by atoms with E-state index in [1.165, 1.54) is 4.90 Å². The molecule has 0 spiro atoms. The lowest BCUT2D eigenvalue weighted by Crippen LogP contribution is -2.46. The minimum atomic E-state index is -0.814. The Morgan fingerprint density at radius 3 is 2.63 bits per heavy atom. The average Bonchev–Trinajstić information content (AvgIpc) is 3.19. The van der Waals surface area contributed by atoms with Gasteiger partial charge in [-0.25, -0.2) is 0 Å². The van der Waals surface area contributed by atoms with Gasteiger partial charge in [-0.3, -0.25) is 14.5 Å². The second kappa shape index (κ2) is 9.08. The zero-order valence-corrected chi connectivity index (χ0v) is 18.5. The van der Waals surface area contributed by atoms with Crippen molar-refractivity contribution in [2.45, 2.75) is 44.7 Å². The number of hydrogen-bond donors (Lipinski definition) is 1. The number of nitrogens with one attached hydrogen (secondary N) is 1. The highest BCUT2D eigenvalue weighted by atomic mass is 79.9. The molecular weight excluding hydrogens is 448 g/mol. The molecule has 1 fully saturated rings. The lowest BCUT2D eigenvalue weighted by atomic mass is 10.0. The van der Waals surface area contributed by atoms with Crippen molar-refractivity contribution in [3.63, 3.8) is 0 Å². The molecule has 6 nitrogen and oxygen atoms in total. The fourth-order valence-corrected chi connectivity index (χ4v) is 4.51. The van der Waals surface area contributed by atoms with Crippen molar-refractivity contribution in [2.75, 3.05) is 18.1 Å². The van der Waals surface area contributed by atoms with E-state index in [-0.39, 0.29) is 24.5 Å². The highest BCUT2D eigenvalue weighted by Crippen LogP contribution is 2.38. The number of benzene rings is 2. The number of hydrogen-bond acceptors (Lipinski definition) is 4. The summed E-state index contributed by atoms with van der Waals surface area (Å²) in [6.45, 7) is 2.35. The van der Waals surface area contributed by atoms with Crippen LogP contribution in [0.1, 0.15) is 44.2 Å². The minimum absolute atomic E-state index is 0.130. The highest BCUT2D eigenvalue weighted by molar-refractivity contribution is 9.10. The van der Waals surface area contributed by atoms with E-state index < -0.39 is 6.04 Å². The number of carbonyl (C=O) groups is 2. The van der Waals surface area contributed by atoms with Gasteiger partial charge in [-0.15, -0.1) is 0 Å². The van der Waals surface area contributed by atoms with Crippen molar-refractivity contribution in [1.29, 1.82) is 0 Å². The zero-order valence-electron chi connectivity index (χ0n) is 16.9. The van der Waals surface area contributed by atoms with Crippen LogP contribution in [0.5, 0.6) is 11.5 Å². The Morgan fingerprint density at radius 1 is 1.20 bits per heavy atom. The average molecular weight is 473 g/mol. The van der Waals surface area contributed by atoms with Crippen LogP contribution < -0.4 is 19.7 Å². The number of ether oxygens (including phenoxy) is 2. The Hall–Kier alpha value is -2.54. The first-order chi connectivity index (χ1) is 14.6. The maximum Gasteiger partial charge on any atom is 0.265 e. The van der Waals surface area contributed by atoms with Crippen LogP contribution in [0.4, 0.5) is 5.69 Å². The second-order valence-corrected chi connectivity index (χ2v) is 8.47. The number of fused-ring (bicyclic) bond motifs is 1. The number of nitrogens with zero attached hydrogens (tertiary/aromatic N) is 1. The summed E-state index contributed by atoms with van der Waals surface area (Å²) in [6, 6.07) is 12.1. The van der Waals surface area contributed by atoms with Crippen molar-refractivity contribution in [2.24, 2.45) is 0 Å². The molecule has 1 aliphatic heterocycles. The second-order valence-electron chi connectivity index (χ2n) is 7.55. The summed E-state index contributed by atoms with van der Waals surface area (Å²) in [6.07, 6.45) is 4.17. The van der Waals surface area contributed by atoms with Crippen LogP contribution in [-0.4, -0.2) is 31.1 Å². The summed E-state index contributed by atoms with van der Waals surface area (Å²) >= 11 is 3.49. The van der Waals surface area contributed by atoms with Gasteiger partial charge >= 0.3 is 0 Å². The molecule has 1 aliphatic carbocycles. The summed E-state index contributed by atoms with van der Waals surface area (Å²) < 4.78 is 12.1. The van der Waals surface area contributed by atoms with Gasteiger partial charge in [0.15, 0.2) is 6.61 Å². The molecule has 0 bridgehead atoms. The van der Waals surface area contributed by atoms with Crippen LogP contribution in [0.25, 0.3) is 0 Å². The zero-order chi connectivity index (χ0) is 21.1. The summed E-state index contributed by atoms with van der Waals surface area (Å²) in [5, 5.41) is 3.16. The third-order valence-electron chi connectivity index (χ3n) is 5.52. The van der Waals surface area contributed by atoms with E-state index in [0.717, 1.165) is 35.9 Å². The molecule has 7 heteroatoms. The van der Waals surface area contributed by atoms with Gasteiger partial charge in [0, 0.05) is 21.8 Å². The van der Waals surface area contributed by atoms with Crippen molar-refractivity contribution in [3.05, 3.63) is 52.5 Å². The van der Waals surface area contributed by atoms with Crippen molar-refractivity contribution in [1.82, 2.24) is 5.32 Å². The fourth-order valence-electron chi connectivity index (χ4n) is 4.13. The maximum absolute atomic E-state index is 13.5. The van der Waals surface area contributed by atoms with Gasteiger partial charge in [-0.05, 0) is 62.2 Å². The van der Waals surface area contributed by atoms with Gasteiger partial charge in [-0.2, -0.15) is 0 Å². The number of halogens is 1. The quantitative estimate of drug-likeness (QED) is 0.701. The lowest BCUT2D eigenvalue weighted by molar-refractivity contribution is -0.127. The molecule has 2 aromatic rings. The first kappa shape index (κ1) is 20.7. The normalized spacial score (nSPS) is 19.1. The molecule has 1 N–H and O–H groups in total. The van der Waals surface area contributed by atoms with Crippen LogP contribution >= 0.6 is 15.9 Å². The van der Waals surface area contributed by atoms with Gasteiger partial charge in [0.25, 0.3) is 5.91 Å². The first-order valence-electron chi connectivity index (χ1n) is 10.3. The summed E-state index contributed by atoms with van der Waals surface area (Å²) in [7, 11) is 0. The van der Waals surface area contributed by atoms with E-state index in [1.807, 2.05) is 43.3 Å². The van der Waals surface area contributed by atoms with Gasteiger partial charge < -0.3 is 14.8 Å². The number of carbonyl (C=O) groups excluding carboxylic acids is 2. The molecule has 158 valence electrons. The van der Waals surface area contributed by atoms with Crippen LogP contribution in [-0.2, 0) is 9.59 Å². The fraction of sp³-hybridized carbons (Fsp3) is 0.391. The molecule has 2 aliphatic rings. The van der Waals surface area contributed by atoms with Crippen LogP contribution in [0.2, 0.25) is 0 Å². The molecule has 0 aromatic heterocycles. The third kappa shape index (κ3) is 4.31. The Bertz CT molecular complexity index is 925. The van der Waals surface area contributed by atoms with E-state index in [2.05, 4.69) is 21.2 Å². The Labute approximate surface area is 184 Å². The molecule has 1 unspecified atom stereocenters.